The van der Waals surface area contributed by atoms with E-state index in [4.69, 9.17) is 9.79 Å². The number of amides is 1. The van der Waals surface area contributed by atoms with Gasteiger partial charge < -0.3 is 9.63 Å². The summed E-state index contributed by atoms with van der Waals surface area (Å²) in [4.78, 5) is 14.3. The van der Waals surface area contributed by atoms with Gasteiger partial charge in [-0.1, -0.05) is 0 Å². The maximum absolute atomic E-state index is 12.1. The predicted octanol–water partition coefficient (Wildman–Crippen LogP) is 1.58. The highest BCUT2D eigenvalue weighted by Gasteiger charge is 2.56. The van der Waals surface area contributed by atoms with Gasteiger partial charge in [0.15, 0.2) is 0 Å². The topological polar surface area (TPSA) is 90.6 Å². The lowest BCUT2D eigenvalue weighted by Crippen LogP contribution is -2.61. The van der Waals surface area contributed by atoms with Crippen LogP contribution < -0.4 is 0 Å². The second kappa shape index (κ2) is 5.44. The number of aliphatic hydroxyl groups excluding tert-OH is 1. The molecule has 2 rings (SSSR count). The van der Waals surface area contributed by atoms with Crippen LogP contribution in [0.15, 0.2) is 10.8 Å². The van der Waals surface area contributed by atoms with Crippen molar-refractivity contribution in [3.8, 4) is 6.07 Å². The van der Waals surface area contributed by atoms with Crippen molar-refractivity contribution in [3.63, 3.8) is 0 Å². The monoisotopic (exact) mass is 316 g/mol. The van der Waals surface area contributed by atoms with Crippen molar-refractivity contribution < 1.29 is 19.0 Å². The summed E-state index contributed by atoms with van der Waals surface area (Å²) in [5, 5.41) is 18.3. The maximum atomic E-state index is 12.1. The summed E-state index contributed by atoms with van der Waals surface area (Å²) in [6, 6.07) is 1.88. The zero-order valence-corrected chi connectivity index (χ0v) is 13.3. The number of nitrogens with zero attached hydrogens (tertiary/aromatic N) is 2. The number of carbonyl (C=O) groups excluding carboxylic acids is 1. The van der Waals surface area contributed by atoms with E-state index in [1.165, 1.54) is 30.0 Å². The molecule has 2 heterocycles. The van der Waals surface area contributed by atoms with Crippen molar-refractivity contribution in [3.05, 3.63) is 10.8 Å². The minimum atomic E-state index is -2.79. The second-order valence-electron chi connectivity index (χ2n) is 5.26. The molecule has 0 radical (unpaired) electrons. The Morgan fingerprint density at radius 2 is 2.30 bits per heavy atom. The molecule has 1 saturated heterocycles. The molecule has 8 heteroatoms. The molecule has 110 valence electrons. The van der Waals surface area contributed by atoms with Crippen LogP contribution in [0.25, 0.3) is 0 Å². The molecular weight excluding hydrogens is 299 g/mol. The number of nitriles is 1. The third kappa shape index (κ3) is 2.73. The van der Waals surface area contributed by atoms with E-state index in [1.54, 1.807) is 6.92 Å². The van der Waals surface area contributed by atoms with Gasteiger partial charge in [-0.2, -0.15) is 5.26 Å². The van der Waals surface area contributed by atoms with Gasteiger partial charge in [0, 0.05) is 24.7 Å². The van der Waals surface area contributed by atoms with Crippen molar-refractivity contribution in [1.29, 1.82) is 5.26 Å². The van der Waals surface area contributed by atoms with E-state index in [0.717, 1.165) is 4.91 Å². The number of hydrogen-bond donors (Lipinski definition) is 1. The number of aliphatic hydroxyl groups is 1. The van der Waals surface area contributed by atoms with Crippen LogP contribution in [0.1, 0.15) is 13.3 Å². The standard InChI is InChI=1S/C12H17N2O4PS/c1-7(15)10-8-6-9(20-5-4-13)12(14(8)11(10)16)18-19(2,3)17/h7-8,10,15H,5-6H2,1-3H3/t7-,8-,10-/m1/s1. The zero-order valence-electron chi connectivity index (χ0n) is 11.6. The smallest absolute Gasteiger partial charge is 0.243 e. The number of β-lactam (4-membered cyclic amide) rings is 1. The van der Waals surface area contributed by atoms with Crippen LogP contribution in [0.3, 0.4) is 0 Å². The van der Waals surface area contributed by atoms with Gasteiger partial charge in [-0.25, -0.2) is 0 Å². The van der Waals surface area contributed by atoms with Gasteiger partial charge in [0.1, 0.15) is 0 Å². The normalized spacial score (nSPS) is 26.9. The number of rotatable bonds is 5. The molecule has 0 bridgehead atoms. The van der Waals surface area contributed by atoms with E-state index < -0.39 is 19.4 Å². The van der Waals surface area contributed by atoms with Gasteiger partial charge >= 0.3 is 0 Å². The highest BCUT2D eigenvalue weighted by atomic mass is 32.2. The lowest BCUT2D eigenvalue weighted by atomic mass is 9.84. The fraction of sp³-hybridized carbons (Fsp3) is 0.667. The summed E-state index contributed by atoms with van der Waals surface area (Å²) in [7, 11) is -2.79. The first-order chi connectivity index (χ1) is 9.26. The first kappa shape index (κ1) is 15.4. The lowest BCUT2D eigenvalue weighted by molar-refractivity contribution is -0.160. The van der Waals surface area contributed by atoms with Gasteiger partial charge in [0.2, 0.25) is 19.2 Å². The predicted molar refractivity (Wildman–Crippen MR) is 76.1 cm³/mol. The molecule has 0 saturated carbocycles. The van der Waals surface area contributed by atoms with Crippen molar-refractivity contribution in [2.24, 2.45) is 5.92 Å². The largest absolute Gasteiger partial charge is 0.426 e. The molecule has 0 aliphatic carbocycles. The molecule has 0 aromatic heterocycles. The highest BCUT2D eigenvalue weighted by molar-refractivity contribution is 8.03. The maximum Gasteiger partial charge on any atom is 0.243 e. The Balaban J connectivity index is 2.25. The van der Waals surface area contributed by atoms with Gasteiger partial charge in [-0.3, -0.25) is 14.3 Å². The summed E-state index contributed by atoms with van der Waals surface area (Å²) in [6.07, 6.45) is -0.177. The zero-order chi connectivity index (χ0) is 15.1. The van der Waals surface area contributed by atoms with E-state index in [9.17, 15) is 14.5 Å². The number of hydrogen-bond acceptors (Lipinski definition) is 6. The molecule has 0 spiro atoms. The number of carbonyl (C=O) groups is 1. The van der Waals surface area contributed by atoms with Crippen molar-refractivity contribution >= 4 is 25.0 Å². The summed E-state index contributed by atoms with van der Waals surface area (Å²) in [5.41, 5.74) is 0. The minimum Gasteiger partial charge on any atom is -0.426 e. The molecule has 6 nitrogen and oxygen atoms in total. The van der Waals surface area contributed by atoms with Crippen molar-refractivity contribution in [2.45, 2.75) is 25.5 Å². The molecule has 0 aromatic carbocycles. The van der Waals surface area contributed by atoms with Crippen LogP contribution in [0.5, 0.6) is 0 Å². The van der Waals surface area contributed by atoms with Crippen LogP contribution in [0.2, 0.25) is 0 Å². The molecular formula is C12H17N2O4PS. The highest BCUT2D eigenvalue weighted by Crippen LogP contribution is 2.52. The first-order valence-electron chi connectivity index (χ1n) is 6.25. The van der Waals surface area contributed by atoms with Crippen molar-refractivity contribution in [2.75, 3.05) is 19.1 Å². The molecule has 1 fully saturated rings. The molecule has 3 atom stereocenters. The summed E-state index contributed by atoms with van der Waals surface area (Å²) in [6.45, 7) is 4.55. The van der Waals surface area contributed by atoms with E-state index in [1.807, 2.05) is 6.07 Å². The molecule has 1 N–H and O–H groups in total. The minimum absolute atomic E-state index is 0.148. The van der Waals surface area contributed by atoms with E-state index in [-0.39, 0.29) is 17.7 Å². The first-order valence-corrected chi connectivity index (χ1v) is 9.75. The van der Waals surface area contributed by atoms with E-state index in [0.29, 0.717) is 12.3 Å². The third-order valence-corrected chi connectivity index (χ3v) is 4.83. The summed E-state index contributed by atoms with van der Waals surface area (Å²) < 4.78 is 17.3. The SMILES string of the molecule is C[C@@H](O)[C@H]1C(=O)N2C(OP(C)(C)=O)=C(SCC#N)C[C@H]12. The van der Waals surface area contributed by atoms with Crippen LogP contribution in [0.4, 0.5) is 0 Å². The Hall–Kier alpha value is -0.960. The van der Waals surface area contributed by atoms with Gasteiger partial charge in [-0.15, -0.1) is 11.8 Å². The van der Waals surface area contributed by atoms with E-state index in [2.05, 4.69) is 0 Å². The summed E-state index contributed by atoms with van der Waals surface area (Å²) in [5.74, 6) is -0.0954. The average Bonchev–Trinajstić information content (AvgIpc) is 2.57. The quantitative estimate of drug-likeness (QED) is 0.611. The average molecular weight is 316 g/mol. The van der Waals surface area contributed by atoms with Crippen molar-refractivity contribution in [1.82, 2.24) is 4.90 Å². The Labute approximate surface area is 122 Å². The third-order valence-electron chi connectivity index (χ3n) is 3.26. The Morgan fingerprint density at radius 3 is 2.80 bits per heavy atom. The summed E-state index contributed by atoms with van der Waals surface area (Å²) >= 11 is 1.29. The van der Waals surface area contributed by atoms with Crippen LogP contribution >= 0.6 is 19.1 Å². The Bertz CT molecular complexity index is 548. The van der Waals surface area contributed by atoms with Crippen LogP contribution in [0, 0.1) is 17.2 Å². The second-order valence-corrected chi connectivity index (χ2v) is 9.02. The lowest BCUT2D eigenvalue weighted by Gasteiger charge is -2.44. The van der Waals surface area contributed by atoms with Gasteiger partial charge in [-0.05, 0) is 6.92 Å². The molecule has 2 aliphatic heterocycles. The number of fused-ring (bicyclic) bond motifs is 1. The molecule has 0 unspecified atom stereocenters. The molecule has 0 aromatic rings. The molecule has 1 amide bonds. The van der Waals surface area contributed by atoms with Crippen LogP contribution in [-0.4, -0.2) is 47.1 Å². The fourth-order valence-corrected chi connectivity index (χ4v) is 3.99. The fourth-order valence-electron chi connectivity index (χ4n) is 2.52. The van der Waals surface area contributed by atoms with E-state index >= 15 is 0 Å². The van der Waals surface area contributed by atoms with Gasteiger partial charge in [0.05, 0.1) is 29.9 Å². The Kier molecular flexibility index (Phi) is 4.19. The molecule has 20 heavy (non-hydrogen) atoms. The Morgan fingerprint density at radius 1 is 1.65 bits per heavy atom. The molecule has 2 aliphatic rings. The number of thioether (sulfide) groups is 1. The van der Waals surface area contributed by atoms with Crippen LogP contribution in [-0.2, 0) is 13.9 Å². The van der Waals surface area contributed by atoms with Gasteiger partial charge in [0.25, 0.3) is 0 Å².